The van der Waals surface area contributed by atoms with E-state index in [1.807, 2.05) is 6.07 Å². The van der Waals surface area contributed by atoms with Gasteiger partial charge in [0.2, 0.25) is 6.79 Å². The van der Waals surface area contributed by atoms with Gasteiger partial charge in [-0.05, 0) is 68.1 Å². The molecule has 6 heteroatoms. The van der Waals surface area contributed by atoms with Gasteiger partial charge in [-0.2, -0.15) is 0 Å². The molecule has 3 aliphatic rings. The summed E-state index contributed by atoms with van der Waals surface area (Å²) < 4.78 is 10.8. The number of nitrogens with one attached hydrogen (secondary N) is 2. The highest BCUT2D eigenvalue weighted by Crippen LogP contribution is 2.61. The first-order chi connectivity index (χ1) is 11.8. The van der Waals surface area contributed by atoms with Crippen LogP contribution in [-0.2, 0) is 6.42 Å². The molecule has 1 aliphatic heterocycles. The Balaban J connectivity index is 0.00000182. The first-order valence-corrected chi connectivity index (χ1v) is 9.20. The van der Waals surface area contributed by atoms with Crippen LogP contribution in [0.15, 0.2) is 23.2 Å². The monoisotopic (exact) mass is 457 g/mol. The molecule has 0 bridgehead atoms. The van der Waals surface area contributed by atoms with E-state index in [2.05, 4.69) is 29.7 Å². The van der Waals surface area contributed by atoms with Crippen LogP contribution in [0.5, 0.6) is 11.5 Å². The molecule has 2 aliphatic carbocycles. The number of benzene rings is 1. The van der Waals surface area contributed by atoms with E-state index in [1.165, 1.54) is 31.2 Å². The quantitative estimate of drug-likeness (QED) is 0.375. The van der Waals surface area contributed by atoms with E-state index < -0.39 is 0 Å². The lowest BCUT2D eigenvalue weighted by Gasteiger charge is -2.15. The third kappa shape index (κ3) is 4.51. The number of hydrogen-bond donors (Lipinski definition) is 2. The highest BCUT2D eigenvalue weighted by molar-refractivity contribution is 14.0. The second kappa shape index (κ2) is 8.01. The largest absolute Gasteiger partial charge is 0.454 e. The minimum atomic E-state index is 0. The van der Waals surface area contributed by atoms with Crippen LogP contribution in [-0.4, -0.2) is 32.4 Å². The van der Waals surface area contributed by atoms with Gasteiger partial charge in [0.1, 0.15) is 0 Å². The van der Waals surface area contributed by atoms with Crippen molar-refractivity contribution < 1.29 is 9.47 Å². The summed E-state index contributed by atoms with van der Waals surface area (Å²) in [6.07, 6.45) is 6.53. The SMILES string of the molecule is CCNC(=NCC1(C2CC2)CC1)NCCc1ccc2c(c1)OCO2.I. The van der Waals surface area contributed by atoms with Gasteiger partial charge < -0.3 is 20.1 Å². The van der Waals surface area contributed by atoms with Crippen LogP contribution in [0.2, 0.25) is 0 Å². The van der Waals surface area contributed by atoms with Crippen molar-refractivity contribution in [2.75, 3.05) is 26.4 Å². The molecular weight excluding hydrogens is 429 g/mol. The zero-order valence-corrected chi connectivity index (χ0v) is 17.2. The van der Waals surface area contributed by atoms with Gasteiger partial charge in [0.15, 0.2) is 17.5 Å². The molecule has 0 saturated heterocycles. The molecule has 2 fully saturated rings. The molecule has 1 aromatic carbocycles. The molecule has 25 heavy (non-hydrogen) atoms. The summed E-state index contributed by atoms with van der Waals surface area (Å²) >= 11 is 0. The molecule has 0 amide bonds. The number of rotatable bonds is 7. The molecule has 1 aromatic rings. The maximum Gasteiger partial charge on any atom is 0.231 e. The lowest BCUT2D eigenvalue weighted by Crippen LogP contribution is -2.38. The predicted molar refractivity (Wildman–Crippen MR) is 110 cm³/mol. The Morgan fingerprint density at radius 2 is 2.00 bits per heavy atom. The van der Waals surface area contributed by atoms with Crippen LogP contribution >= 0.6 is 24.0 Å². The van der Waals surface area contributed by atoms with Crippen molar-refractivity contribution in [1.82, 2.24) is 10.6 Å². The van der Waals surface area contributed by atoms with Crippen LogP contribution in [0.4, 0.5) is 0 Å². The summed E-state index contributed by atoms with van der Waals surface area (Å²) in [4.78, 5) is 4.85. The van der Waals surface area contributed by atoms with Gasteiger partial charge >= 0.3 is 0 Å². The van der Waals surface area contributed by atoms with E-state index in [9.17, 15) is 0 Å². The van der Waals surface area contributed by atoms with Crippen LogP contribution in [0, 0.1) is 11.3 Å². The van der Waals surface area contributed by atoms with Crippen molar-refractivity contribution in [3.05, 3.63) is 23.8 Å². The van der Waals surface area contributed by atoms with E-state index in [4.69, 9.17) is 14.5 Å². The fourth-order valence-electron chi connectivity index (χ4n) is 3.55. The average molecular weight is 457 g/mol. The molecule has 2 saturated carbocycles. The Kier molecular flexibility index (Phi) is 5.96. The third-order valence-corrected chi connectivity index (χ3v) is 5.37. The molecule has 5 nitrogen and oxygen atoms in total. The summed E-state index contributed by atoms with van der Waals surface area (Å²) in [7, 11) is 0. The van der Waals surface area contributed by atoms with Crippen molar-refractivity contribution in [2.24, 2.45) is 16.3 Å². The molecule has 0 radical (unpaired) electrons. The van der Waals surface area contributed by atoms with Crippen molar-refractivity contribution in [1.29, 1.82) is 0 Å². The van der Waals surface area contributed by atoms with Crippen molar-refractivity contribution in [3.8, 4) is 11.5 Å². The summed E-state index contributed by atoms with van der Waals surface area (Å²) in [5.41, 5.74) is 1.80. The maximum absolute atomic E-state index is 5.44. The minimum absolute atomic E-state index is 0. The van der Waals surface area contributed by atoms with Gasteiger partial charge in [0.05, 0.1) is 0 Å². The summed E-state index contributed by atoms with van der Waals surface area (Å²) in [6.45, 7) is 5.19. The standard InChI is InChI=1S/C19H27N3O2.HI/c1-2-20-18(22-12-19(8-9-19)15-4-5-15)21-10-7-14-3-6-16-17(11-14)24-13-23-16;/h3,6,11,15H,2,4-5,7-10,12-13H2,1H3,(H2,20,21,22);1H. The number of aliphatic imine (C=N–C) groups is 1. The first kappa shape index (κ1) is 18.6. The fourth-order valence-corrected chi connectivity index (χ4v) is 3.55. The van der Waals surface area contributed by atoms with Gasteiger partial charge in [-0.15, -0.1) is 24.0 Å². The predicted octanol–water partition coefficient (Wildman–Crippen LogP) is 3.32. The van der Waals surface area contributed by atoms with Crippen molar-refractivity contribution >= 4 is 29.9 Å². The van der Waals surface area contributed by atoms with Gasteiger partial charge in [-0.1, -0.05) is 6.07 Å². The number of fused-ring (bicyclic) bond motifs is 1. The van der Waals surface area contributed by atoms with Gasteiger partial charge in [0, 0.05) is 19.6 Å². The van der Waals surface area contributed by atoms with E-state index in [0.717, 1.165) is 49.4 Å². The topological polar surface area (TPSA) is 54.9 Å². The maximum atomic E-state index is 5.44. The van der Waals surface area contributed by atoms with Crippen LogP contribution in [0.1, 0.15) is 38.2 Å². The van der Waals surface area contributed by atoms with Gasteiger partial charge in [0.25, 0.3) is 0 Å². The van der Waals surface area contributed by atoms with Crippen molar-refractivity contribution in [3.63, 3.8) is 0 Å². The molecule has 0 atom stereocenters. The van der Waals surface area contributed by atoms with Crippen molar-refractivity contribution in [2.45, 2.75) is 39.0 Å². The minimum Gasteiger partial charge on any atom is -0.454 e. The molecule has 1 heterocycles. The summed E-state index contributed by atoms with van der Waals surface area (Å²) in [5, 5.41) is 6.83. The third-order valence-electron chi connectivity index (χ3n) is 5.37. The van der Waals surface area contributed by atoms with E-state index >= 15 is 0 Å². The smallest absolute Gasteiger partial charge is 0.231 e. The van der Waals surface area contributed by atoms with Gasteiger partial charge in [-0.3, -0.25) is 4.99 Å². The molecule has 2 N–H and O–H groups in total. The van der Waals surface area contributed by atoms with Gasteiger partial charge in [-0.25, -0.2) is 0 Å². The normalized spacial score (nSPS) is 20.0. The van der Waals surface area contributed by atoms with Crippen LogP contribution < -0.4 is 20.1 Å². The molecule has 4 rings (SSSR count). The Morgan fingerprint density at radius 1 is 1.20 bits per heavy atom. The van der Waals surface area contributed by atoms with Crippen LogP contribution in [0.25, 0.3) is 0 Å². The highest BCUT2D eigenvalue weighted by atomic mass is 127. The zero-order chi connectivity index (χ0) is 16.4. The highest BCUT2D eigenvalue weighted by Gasteiger charge is 2.53. The Morgan fingerprint density at radius 3 is 2.72 bits per heavy atom. The molecular formula is C19H28IN3O2. The van der Waals surface area contributed by atoms with Crippen LogP contribution in [0.3, 0.4) is 0 Å². The Bertz CT molecular complexity index is 627. The number of guanidine groups is 1. The molecule has 0 spiro atoms. The first-order valence-electron chi connectivity index (χ1n) is 9.20. The second-order valence-electron chi connectivity index (χ2n) is 7.20. The Hall–Kier alpha value is -1.18. The lowest BCUT2D eigenvalue weighted by molar-refractivity contribution is 0.174. The number of halogens is 1. The molecule has 0 unspecified atom stereocenters. The van der Waals surface area contributed by atoms with E-state index in [1.54, 1.807) is 0 Å². The fraction of sp³-hybridized carbons (Fsp3) is 0.632. The summed E-state index contributed by atoms with van der Waals surface area (Å²) in [6, 6.07) is 6.16. The summed E-state index contributed by atoms with van der Waals surface area (Å²) in [5.74, 6) is 3.60. The second-order valence-corrected chi connectivity index (χ2v) is 7.20. The van der Waals surface area contributed by atoms with E-state index in [0.29, 0.717) is 12.2 Å². The van der Waals surface area contributed by atoms with E-state index in [-0.39, 0.29) is 24.0 Å². The number of nitrogens with zero attached hydrogens (tertiary/aromatic N) is 1. The Labute approximate surface area is 167 Å². The molecule has 0 aromatic heterocycles. The zero-order valence-electron chi connectivity index (χ0n) is 14.8. The molecule has 138 valence electrons. The number of hydrogen-bond acceptors (Lipinski definition) is 3. The average Bonchev–Trinajstić information content (AvgIpc) is 3.50. The lowest BCUT2D eigenvalue weighted by atomic mass is 10.0. The number of ether oxygens (including phenoxy) is 2.